The molecule has 0 saturated heterocycles. The molecule has 14 heteroatoms. The fourth-order valence-corrected chi connectivity index (χ4v) is 5.28. The van der Waals surface area contributed by atoms with E-state index in [1.54, 1.807) is 12.1 Å². The van der Waals surface area contributed by atoms with Crippen LogP contribution in [0.15, 0.2) is 60.8 Å². The van der Waals surface area contributed by atoms with Crippen molar-refractivity contribution in [1.82, 2.24) is 20.6 Å². The molecule has 242 valence electrons. The Morgan fingerprint density at radius 2 is 1.74 bits per heavy atom. The number of pyridine rings is 2. The lowest BCUT2D eigenvalue weighted by Crippen LogP contribution is -2.52. The van der Waals surface area contributed by atoms with E-state index in [9.17, 15) is 37.4 Å². The quantitative estimate of drug-likeness (QED) is 0.200. The van der Waals surface area contributed by atoms with Crippen molar-refractivity contribution in [3.63, 3.8) is 0 Å². The Kier molecular flexibility index (Phi) is 8.47. The Hall–Kier alpha value is -4.33. The number of carbonyl (C=O) groups excluding carboxylic acids is 2. The first-order valence-corrected chi connectivity index (χ1v) is 14.4. The minimum Gasteiger partial charge on any atom is -0.489 e. The first kappa shape index (κ1) is 33.0. The van der Waals surface area contributed by atoms with Gasteiger partial charge < -0.3 is 25.6 Å². The summed E-state index contributed by atoms with van der Waals surface area (Å²) in [6, 6.07) is 11.4. The summed E-state index contributed by atoms with van der Waals surface area (Å²) in [6.45, 7) is 2.51. The molecule has 0 bridgehead atoms. The molecule has 4 N–H and O–H groups in total. The molecule has 0 aliphatic carbocycles. The monoisotopic (exact) mass is 660 g/mol. The maximum Gasteiger partial charge on any atom is 0.424 e. The molecule has 2 aromatic carbocycles. The lowest BCUT2D eigenvalue weighted by Gasteiger charge is -2.32. The Balaban J connectivity index is 1.58. The molecule has 4 aromatic rings. The van der Waals surface area contributed by atoms with Crippen LogP contribution in [0.2, 0.25) is 5.02 Å². The number of nitrogens with one attached hydrogen (secondary N) is 2. The van der Waals surface area contributed by atoms with Crippen LogP contribution in [0.5, 0.6) is 5.75 Å². The minimum absolute atomic E-state index is 0.0344. The SMILES string of the molecule is CC(C)(O)CNC(=O)[C@@]1(C)COc2c1cc([C@@](O)(CNC(=O)c1cc(Cl)c3ncccc3c1)C(F)(F)F)nc2-c1ccc(F)cc1. The highest BCUT2D eigenvalue weighted by Gasteiger charge is 2.58. The molecule has 2 amide bonds. The van der Waals surface area contributed by atoms with Gasteiger partial charge in [-0.1, -0.05) is 17.7 Å². The zero-order valence-electron chi connectivity index (χ0n) is 24.8. The van der Waals surface area contributed by atoms with Crippen LogP contribution in [-0.4, -0.2) is 63.5 Å². The highest BCUT2D eigenvalue weighted by Crippen LogP contribution is 2.48. The highest BCUT2D eigenvalue weighted by molar-refractivity contribution is 6.35. The average molecular weight is 661 g/mol. The highest BCUT2D eigenvalue weighted by atomic mass is 35.5. The summed E-state index contributed by atoms with van der Waals surface area (Å²) in [7, 11) is 0. The maximum absolute atomic E-state index is 14.8. The van der Waals surface area contributed by atoms with Gasteiger partial charge in [0.15, 0.2) is 0 Å². The van der Waals surface area contributed by atoms with Crippen molar-refractivity contribution < 1.29 is 42.1 Å². The van der Waals surface area contributed by atoms with E-state index >= 15 is 0 Å². The van der Waals surface area contributed by atoms with Crippen LogP contribution in [0.1, 0.15) is 42.4 Å². The van der Waals surface area contributed by atoms with Gasteiger partial charge in [-0.05, 0) is 69.3 Å². The molecule has 1 aliphatic rings. The number of aromatic nitrogens is 2. The van der Waals surface area contributed by atoms with Crippen LogP contribution in [0.4, 0.5) is 17.6 Å². The molecular formula is C32H29ClF4N4O5. The van der Waals surface area contributed by atoms with Crippen molar-refractivity contribution in [2.24, 2.45) is 0 Å². The summed E-state index contributed by atoms with van der Waals surface area (Å²) >= 11 is 6.24. The third kappa shape index (κ3) is 6.22. The van der Waals surface area contributed by atoms with Crippen LogP contribution in [0.3, 0.4) is 0 Å². The molecule has 0 fully saturated rings. The molecule has 0 unspecified atom stereocenters. The number of ether oxygens (including phenoxy) is 1. The topological polar surface area (TPSA) is 134 Å². The molecule has 9 nitrogen and oxygen atoms in total. The number of halogens is 5. The second kappa shape index (κ2) is 11.8. The number of hydrogen-bond acceptors (Lipinski definition) is 7. The average Bonchev–Trinajstić information content (AvgIpc) is 3.35. The molecule has 0 saturated carbocycles. The number of benzene rings is 2. The molecule has 2 aromatic heterocycles. The maximum atomic E-state index is 14.8. The number of fused-ring (bicyclic) bond motifs is 2. The zero-order valence-corrected chi connectivity index (χ0v) is 25.6. The third-order valence-corrected chi connectivity index (χ3v) is 7.98. The zero-order chi connectivity index (χ0) is 33.7. The molecule has 3 heterocycles. The van der Waals surface area contributed by atoms with E-state index in [2.05, 4.69) is 20.6 Å². The standard InChI is InChI=1S/C32H29ClF4N4O5/c1-29(2,44)14-40-28(43)30(3)16-46-26-21(30)13-23(41-25(26)17-6-8-20(34)9-7-17)31(45,32(35,36)37)15-39-27(42)19-11-18-5-4-10-38-24(18)22(33)12-19/h4-13,44-45H,14-16H2,1-3H3,(H,39,42)(H,40,43)/t30-,31-/m0/s1. The van der Waals surface area contributed by atoms with E-state index in [0.717, 1.165) is 18.2 Å². The number of hydrogen-bond donors (Lipinski definition) is 4. The van der Waals surface area contributed by atoms with E-state index in [1.165, 1.54) is 51.2 Å². The van der Waals surface area contributed by atoms with Crippen molar-refractivity contribution in [1.29, 1.82) is 0 Å². The molecule has 5 rings (SSSR count). The Morgan fingerprint density at radius 1 is 1.04 bits per heavy atom. The van der Waals surface area contributed by atoms with Gasteiger partial charge in [0, 0.05) is 34.8 Å². The Bertz CT molecular complexity index is 1830. The van der Waals surface area contributed by atoms with Gasteiger partial charge >= 0.3 is 6.18 Å². The number of carbonyl (C=O) groups is 2. The van der Waals surface area contributed by atoms with Crippen LogP contribution in [0.25, 0.3) is 22.2 Å². The summed E-state index contributed by atoms with van der Waals surface area (Å²) in [5, 5.41) is 26.7. The van der Waals surface area contributed by atoms with E-state index in [0.29, 0.717) is 10.9 Å². The van der Waals surface area contributed by atoms with Gasteiger partial charge in [0.2, 0.25) is 11.5 Å². The predicted molar refractivity (Wildman–Crippen MR) is 161 cm³/mol. The van der Waals surface area contributed by atoms with Crippen LogP contribution in [-0.2, 0) is 15.8 Å². The third-order valence-electron chi connectivity index (χ3n) is 7.69. The summed E-state index contributed by atoms with van der Waals surface area (Å²) in [5.41, 5.74) is -7.34. The first-order valence-electron chi connectivity index (χ1n) is 14.0. The first-order chi connectivity index (χ1) is 21.4. The minimum atomic E-state index is -5.38. The van der Waals surface area contributed by atoms with Crippen LogP contribution >= 0.6 is 11.6 Å². The fourth-order valence-electron chi connectivity index (χ4n) is 5.00. The number of alkyl halides is 3. The molecule has 1 aliphatic heterocycles. The fraction of sp³-hybridized carbons (Fsp3) is 0.312. The van der Waals surface area contributed by atoms with Gasteiger partial charge in [-0.3, -0.25) is 14.6 Å². The van der Waals surface area contributed by atoms with Gasteiger partial charge in [0.25, 0.3) is 5.91 Å². The Morgan fingerprint density at radius 3 is 2.39 bits per heavy atom. The number of rotatable bonds is 8. The van der Waals surface area contributed by atoms with E-state index in [1.807, 2.05) is 0 Å². The normalized spacial score (nSPS) is 17.6. The van der Waals surface area contributed by atoms with Gasteiger partial charge in [-0.15, -0.1) is 0 Å². The molecule has 0 radical (unpaired) electrons. The van der Waals surface area contributed by atoms with Crippen molar-refractivity contribution in [2.45, 2.75) is 43.6 Å². The lowest BCUT2D eigenvalue weighted by molar-refractivity contribution is -0.265. The van der Waals surface area contributed by atoms with E-state index in [4.69, 9.17) is 16.3 Å². The van der Waals surface area contributed by atoms with Crippen molar-refractivity contribution >= 4 is 34.3 Å². The van der Waals surface area contributed by atoms with Gasteiger partial charge in [-0.2, -0.15) is 13.2 Å². The van der Waals surface area contributed by atoms with Gasteiger partial charge in [-0.25, -0.2) is 9.37 Å². The predicted octanol–water partition coefficient (Wildman–Crippen LogP) is 4.81. The Labute approximate surface area is 265 Å². The van der Waals surface area contributed by atoms with Gasteiger partial charge in [0.05, 0.1) is 28.4 Å². The van der Waals surface area contributed by atoms with Crippen molar-refractivity contribution in [3.8, 4) is 17.0 Å². The lowest BCUT2D eigenvalue weighted by atomic mass is 9.81. The van der Waals surface area contributed by atoms with E-state index in [-0.39, 0.29) is 46.3 Å². The summed E-state index contributed by atoms with van der Waals surface area (Å²) < 4.78 is 64.0. The van der Waals surface area contributed by atoms with E-state index < -0.39 is 52.7 Å². The van der Waals surface area contributed by atoms with Gasteiger partial charge in [0.1, 0.15) is 29.3 Å². The molecule has 2 atom stereocenters. The molecule has 46 heavy (non-hydrogen) atoms. The summed E-state index contributed by atoms with van der Waals surface area (Å²) in [4.78, 5) is 34.7. The number of aliphatic hydroxyl groups is 2. The number of nitrogens with zero attached hydrogens (tertiary/aromatic N) is 2. The van der Waals surface area contributed by atoms with Crippen LogP contribution < -0.4 is 15.4 Å². The van der Waals surface area contributed by atoms with Crippen molar-refractivity contribution in [2.75, 3.05) is 19.7 Å². The molecule has 0 spiro atoms. The second-order valence-electron chi connectivity index (χ2n) is 11.9. The summed E-state index contributed by atoms with van der Waals surface area (Å²) in [6.07, 6.45) is -3.89. The van der Waals surface area contributed by atoms with Crippen molar-refractivity contribution in [3.05, 3.63) is 88.5 Å². The summed E-state index contributed by atoms with van der Waals surface area (Å²) in [5.74, 6) is -2.28. The smallest absolute Gasteiger partial charge is 0.424 e. The largest absolute Gasteiger partial charge is 0.489 e. The molecular weight excluding hydrogens is 632 g/mol. The second-order valence-corrected chi connectivity index (χ2v) is 12.3. The van der Waals surface area contributed by atoms with Crippen LogP contribution in [0, 0.1) is 5.82 Å². The number of amides is 2.